The molecule has 108 valence electrons. The highest BCUT2D eigenvalue weighted by atomic mass is 79.9. The summed E-state index contributed by atoms with van der Waals surface area (Å²) in [5, 5.41) is -0.0222. The minimum Gasteiger partial charge on any atom is -0.289 e. The Morgan fingerprint density at radius 3 is 2.30 bits per heavy atom. The van der Waals surface area contributed by atoms with Crippen molar-refractivity contribution in [3.8, 4) is 5.69 Å². The molecule has 2 nitrogen and oxygen atoms in total. The number of imidazole rings is 1. The van der Waals surface area contributed by atoms with Crippen LogP contribution >= 0.6 is 62.5 Å². The molecule has 0 aliphatic heterocycles. The topological polar surface area (TPSA) is 17.8 Å². The first-order chi connectivity index (χ1) is 9.19. The first-order valence-electron chi connectivity index (χ1n) is 4.82. The second-order valence-corrected chi connectivity index (χ2v) is 6.84. The molecule has 2 aromatic rings. The first kappa shape index (κ1) is 16.3. The summed E-state index contributed by atoms with van der Waals surface area (Å²) < 4.78 is 36.7. The maximum Gasteiger partial charge on any atom is 0.377 e. The molecule has 0 unspecified atom stereocenters. The van der Waals surface area contributed by atoms with E-state index in [0.29, 0.717) is 0 Å². The summed E-state index contributed by atoms with van der Waals surface area (Å²) >= 11 is 19.8. The Morgan fingerprint density at radius 2 is 1.80 bits per heavy atom. The number of thioether (sulfide) groups is 1. The molecule has 20 heavy (non-hydrogen) atoms. The van der Waals surface area contributed by atoms with Gasteiger partial charge in [0, 0.05) is 0 Å². The second kappa shape index (κ2) is 5.96. The van der Waals surface area contributed by atoms with Gasteiger partial charge in [-0.1, -0.05) is 23.2 Å². The third kappa shape index (κ3) is 3.57. The zero-order valence-corrected chi connectivity index (χ0v) is 13.9. The van der Waals surface area contributed by atoms with Crippen LogP contribution in [0.2, 0.25) is 10.0 Å². The van der Waals surface area contributed by atoms with Gasteiger partial charge in [0.05, 0.1) is 15.7 Å². The van der Waals surface area contributed by atoms with E-state index in [1.54, 1.807) is 0 Å². The third-order valence-corrected chi connectivity index (χ3v) is 4.66. The fourth-order valence-corrected chi connectivity index (χ4v) is 3.39. The van der Waals surface area contributed by atoms with Crippen molar-refractivity contribution >= 4 is 62.5 Å². The van der Waals surface area contributed by atoms with E-state index < -0.39 is 10.5 Å². The Balaban J connectivity index is 2.50. The van der Waals surface area contributed by atoms with E-state index in [1.807, 2.05) is 0 Å². The van der Waals surface area contributed by atoms with Crippen molar-refractivity contribution in [2.24, 2.45) is 0 Å². The van der Waals surface area contributed by atoms with E-state index in [1.165, 1.54) is 10.9 Å². The van der Waals surface area contributed by atoms with Gasteiger partial charge in [0.2, 0.25) is 0 Å². The number of aromatic nitrogens is 2. The van der Waals surface area contributed by atoms with Gasteiger partial charge in [-0.3, -0.25) is 4.57 Å². The minimum atomic E-state index is -3.50. The average Bonchev–Trinajstić information content (AvgIpc) is 2.58. The zero-order chi connectivity index (χ0) is 15.1. The highest BCUT2D eigenvalue weighted by Gasteiger charge is 2.30. The normalized spacial score (nSPS) is 11.9. The molecule has 0 spiro atoms. The highest BCUT2D eigenvalue weighted by molar-refractivity contribution is 9.10. The molecule has 0 bridgehead atoms. The molecule has 0 fully saturated rings. The lowest BCUT2D eigenvalue weighted by molar-refractivity contribution is 0.203. The molecular formula is C10H3BrCl3F3N2S. The van der Waals surface area contributed by atoms with Crippen molar-refractivity contribution in [2.75, 3.05) is 0 Å². The van der Waals surface area contributed by atoms with E-state index >= 15 is 0 Å². The van der Waals surface area contributed by atoms with Gasteiger partial charge in [-0.15, -0.1) is 0 Å². The van der Waals surface area contributed by atoms with Crippen LogP contribution in [0.1, 0.15) is 0 Å². The molecule has 1 aromatic heterocycles. The van der Waals surface area contributed by atoms with Crippen LogP contribution in [0.4, 0.5) is 13.2 Å². The smallest absolute Gasteiger partial charge is 0.289 e. The maximum absolute atomic E-state index is 13.1. The Labute approximate surface area is 139 Å². The number of alkyl halides is 3. The number of halogens is 7. The van der Waals surface area contributed by atoms with E-state index in [4.69, 9.17) is 34.8 Å². The van der Waals surface area contributed by atoms with Crippen LogP contribution in [0.15, 0.2) is 28.1 Å². The summed E-state index contributed by atoms with van der Waals surface area (Å²) in [5.74, 6) is -0.609. The van der Waals surface area contributed by atoms with Crippen molar-refractivity contribution in [3.63, 3.8) is 0 Å². The molecule has 0 saturated carbocycles. The summed E-state index contributed by atoms with van der Waals surface area (Å²) in [5.41, 5.74) is 0.221. The van der Waals surface area contributed by atoms with Gasteiger partial charge in [-0.2, -0.15) is 8.78 Å². The average molecular weight is 426 g/mol. The van der Waals surface area contributed by atoms with Gasteiger partial charge in [0.15, 0.2) is 0 Å². The number of hydrogen-bond acceptors (Lipinski definition) is 2. The largest absolute Gasteiger partial charge is 0.377 e. The predicted molar refractivity (Wildman–Crippen MR) is 77.9 cm³/mol. The fraction of sp³-hybridized carbons (Fsp3) is 0.100. The lowest BCUT2D eigenvalue weighted by atomic mass is 10.3. The molecule has 0 aliphatic carbocycles. The number of benzene rings is 1. The van der Waals surface area contributed by atoms with Crippen LogP contribution in [-0.4, -0.2) is 14.3 Å². The Bertz CT molecular complexity index is 637. The van der Waals surface area contributed by atoms with E-state index in [9.17, 15) is 13.2 Å². The molecular weight excluding hydrogens is 423 g/mol. The predicted octanol–water partition coefficient (Wildman–Crippen LogP) is 5.96. The molecule has 0 aliphatic rings. The maximum atomic E-state index is 13.1. The van der Waals surface area contributed by atoms with Gasteiger partial charge in [0.1, 0.15) is 21.8 Å². The molecule has 0 saturated heterocycles. The Hall–Kier alpha value is -0.0800. The standard InChI is InChI=1S/C10H3BrCl3F3N2S/c11-8-9(20-10(14,16)17)18-3-19(8)7-5(12)1-4(15)2-6(7)13/h1-3H. The van der Waals surface area contributed by atoms with Crippen molar-refractivity contribution < 1.29 is 13.2 Å². The lowest BCUT2D eigenvalue weighted by Gasteiger charge is -2.10. The summed E-state index contributed by atoms with van der Waals surface area (Å²) in [6, 6.07) is 2.11. The molecule has 10 heteroatoms. The molecule has 0 atom stereocenters. The van der Waals surface area contributed by atoms with Crippen molar-refractivity contribution in [1.82, 2.24) is 9.55 Å². The van der Waals surface area contributed by atoms with Crippen molar-refractivity contribution in [1.29, 1.82) is 0 Å². The number of rotatable bonds is 3. The van der Waals surface area contributed by atoms with E-state index in [-0.39, 0.29) is 37.1 Å². The fourth-order valence-electron chi connectivity index (χ4n) is 1.42. The second-order valence-electron chi connectivity index (χ2n) is 3.48. The van der Waals surface area contributed by atoms with Crippen LogP contribution < -0.4 is 0 Å². The summed E-state index contributed by atoms with van der Waals surface area (Å²) in [7, 11) is 0. The molecule has 1 heterocycles. The minimum absolute atomic E-state index is 0.0160. The van der Waals surface area contributed by atoms with Crippen LogP contribution in [0.25, 0.3) is 5.69 Å². The van der Waals surface area contributed by atoms with Crippen molar-refractivity contribution in [2.45, 2.75) is 9.74 Å². The van der Waals surface area contributed by atoms with E-state index in [0.717, 1.165) is 12.1 Å². The molecule has 0 radical (unpaired) electrons. The van der Waals surface area contributed by atoms with Crippen LogP contribution in [0, 0.1) is 5.82 Å². The van der Waals surface area contributed by atoms with E-state index in [2.05, 4.69) is 20.9 Å². The number of nitrogens with zero attached hydrogens (tertiary/aromatic N) is 2. The molecule has 2 rings (SSSR count). The summed E-state index contributed by atoms with van der Waals surface area (Å²) in [6.07, 6.45) is 1.22. The summed E-state index contributed by atoms with van der Waals surface area (Å²) in [6.45, 7) is 0. The zero-order valence-electron chi connectivity index (χ0n) is 9.18. The SMILES string of the molecule is Fc1cc(Cl)c(-n2cnc(SC(F)(F)Cl)c2Br)c(Cl)c1. The Kier molecular flexibility index (Phi) is 4.86. The Morgan fingerprint density at radius 1 is 1.25 bits per heavy atom. The van der Waals surface area contributed by atoms with Gasteiger partial charge in [0.25, 0.3) is 0 Å². The van der Waals surface area contributed by atoms with Crippen LogP contribution in [-0.2, 0) is 0 Å². The molecule has 1 aromatic carbocycles. The van der Waals surface area contributed by atoms with Gasteiger partial charge in [-0.25, -0.2) is 9.37 Å². The van der Waals surface area contributed by atoms with Crippen molar-refractivity contribution in [3.05, 3.63) is 38.9 Å². The first-order valence-corrected chi connectivity index (χ1v) is 7.57. The summed E-state index contributed by atoms with van der Waals surface area (Å²) in [4.78, 5) is 3.79. The monoisotopic (exact) mass is 424 g/mol. The van der Waals surface area contributed by atoms with Crippen LogP contribution in [0.3, 0.4) is 0 Å². The van der Waals surface area contributed by atoms with Gasteiger partial charge < -0.3 is 0 Å². The molecule has 0 N–H and O–H groups in total. The van der Waals surface area contributed by atoms with Gasteiger partial charge in [-0.05, 0) is 51.4 Å². The van der Waals surface area contributed by atoms with Gasteiger partial charge >= 0.3 is 4.71 Å². The highest BCUT2D eigenvalue weighted by Crippen LogP contribution is 2.42. The number of hydrogen-bond donors (Lipinski definition) is 0. The third-order valence-electron chi connectivity index (χ3n) is 2.11. The quantitative estimate of drug-likeness (QED) is 0.445. The lowest BCUT2D eigenvalue weighted by Crippen LogP contribution is -1.99. The van der Waals surface area contributed by atoms with Crippen LogP contribution in [0.5, 0.6) is 0 Å². The molecule has 0 amide bonds.